The Kier molecular flexibility index (Phi) is 5.50. The Labute approximate surface area is 161 Å². The van der Waals surface area contributed by atoms with Gasteiger partial charge in [-0.3, -0.25) is 9.69 Å². The van der Waals surface area contributed by atoms with Crippen LogP contribution in [0.25, 0.3) is 0 Å². The molecule has 3 heterocycles. The molecular formula is C20H33N5O2. The molecule has 3 aliphatic rings. The monoisotopic (exact) mass is 375 g/mol. The number of β-amino-alcohol motifs (C(OH)–C–C–N with tert-alkyl or cyclic N) is 1. The number of likely N-dealkylation sites (tertiary alicyclic amines) is 1. The van der Waals surface area contributed by atoms with E-state index < -0.39 is 0 Å². The van der Waals surface area contributed by atoms with Gasteiger partial charge >= 0.3 is 0 Å². The highest BCUT2D eigenvalue weighted by Gasteiger charge is 2.38. The van der Waals surface area contributed by atoms with Gasteiger partial charge in [-0.25, -0.2) is 0 Å². The zero-order valence-electron chi connectivity index (χ0n) is 16.7. The third-order valence-electron chi connectivity index (χ3n) is 6.60. The summed E-state index contributed by atoms with van der Waals surface area (Å²) in [6, 6.07) is 0.475. The van der Waals surface area contributed by atoms with Crippen LogP contribution in [0.1, 0.15) is 76.5 Å². The van der Waals surface area contributed by atoms with Gasteiger partial charge in [-0.1, -0.05) is 19.3 Å². The van der Waals surface area contributed by atoms with Crippen LogP contribution in [-0.2, 0) is 17.9 Å². The molecule has 0 aromatic carbocycles. The van der Waals surface area contributed by atoms with Crippen molar-refractivity contribution >= 4 is 5.91 Å². The van der Waals surface area contributed by atoms with Crippen LogP contribution < -0.4 is 0 Å². The second-order valence-electron chi connectivity index (χ2n) is 8.85. The average Bonchev–Trinajstić information content (AvgIpc) is 3.25. The Balaban J connectivity index is 1.43. The maximum Gasteiger partial charge on any atom is 0.223 e. The molecule has 7 nitrogen and oxygen atoms in total. The summed E-state index contributed by atoms with van der Waals surface area (Å²) >= 11 is 0. The molecule has 2 fully saturated rings. The lowest BCUT2D eigenvalue weighted by Gasteiger charge is -2.32. The highest BCUT2D eigenvalue weighted by molar-refractivity contribution is 5.76. The van der Waals surface area contributed by atoms with Crippen LogP contribution in [0.5, 0.6) is 0 Å². The molecule has 2 atom stereocenters. The number of hydrogen-bond donors (Lipinski definition) is 1. The van der Waals surface area contributed by atoms with E-state index in [0.717, 1.165) is 24.7 Å². The quantitative estimate of drug-likeness (QED) is 0.872. The molecule has 27 heavy (non-hydrogen) atoms. The highest BCUT2D eigenvalue weighted by atomic mass is 16.3. The van der Waals surface area contributed by atoms with Crippen molar-refractivity contribution in [1.29, 1.82) is 0 Å². The van der Waals surface area contributed by atoms with E-state index in [4.69, 9.17) is 0 Å². The molecule has 4 rings (SSSR count). The van der Waals surface area contributed by atoms with Gasteiger partial charge in [0.2, 0.25) is 5.91 Å². The molecule has 0 spiro atoms. The van der Waals surface area contributed by atoms with Gasteiger partial charge in [0.25, 0.3) is 0 Å². The van der Waals surface area contributed by atoms with Crippen LogP contribution in [0.2, 0.25) is 0 Å². The average molecular weight is 376 g/mol. The third kappa shape index (κ3) is 3.90. The fraction of sp³-hybridized carbons (Fsp3) is 0.850. The number of rotatable bonds is 4. The van der Waals surface area contributed by atoms with E-state index in [0.29, 0.717) is 37.9 Å². The Morgan fingerprint density at radius 3 is 2.70 bits per heavy atom. The first-order valence-corrected chi connectivity index (χ1v) is 10.7. The normalized spacial score (nSPS) is 27.3. The number of fused-ring (bicyclic) bond motifs is 1. The zero-order valence-corrected chi connectivity index (χ0v) is 16.7. The molecule has 150 valence electrons. The first-order chi connectivity index (χ1) is 13.0. The Morgan fingerprint density at radius 2 is 1.96 bits per heavy atom. The van der Waals surface area contributed by atoms with Crippen molar-refractivity contribution in [2.24, 2.45) is 5.92 Å². The summed E-state index contributed by atoms with van der Waals surface area (Å²) in [5, 5.41) is 19.0. The third-order valence-corrected chi connectivity index (χ3v) is 6.60. The summed E-state index contributed by atoms with van der Waals surface area (Å²) < 4.78 is 2.18. The number of aromatic nitrogens is 3. The van der Waals surface area contributed by atoms with E-state index in [1.807, 2.05) is 4.90 Å². The van der Waals surface area contributed by atoms with Crippen molar-refractivity contribution < 1.29 is 9.90 Å². The second kappa shape index (κ2) is 7.87. The van der Waals surface area contributed by atoms with Crippen molar-refractivity contribution in [1.82, 2.24) is 24.6 Å². The molecule has 7 heteroatoms. The minimum absolute atomic E-state index is 0.116. The van der Waals surface area contributed by atoms with Gasteiger partial charge in [-0.05, 0) is 39.0 Å². The molecule has 1 amide bonds. The molecule has 0 bridgehead atoms. The summed E-state index contributed by atoms with van der Waals surface area (Å²) in [6.45, 7) is 7.06. The van der Waals surface area contributed by atoms with Gasteiger partial charge in [0, 0.05) is 32.1 Å². The number of nitrogens with zero attached hydrogens (tertiary/aromatic N) is 5. The van der Waals surface area contributed by atoms with Gasteiger partial charge < -0.3 is 14.6 Å². The summed E-state index contributed by atoms with van der Waals surface area (Å²) in [5.41, 5.74) is 0. The number of aliphatic hydroxyl groups is 1. The Hall–Kier alpha value is -1.47. The van der Waals surface area contributed by atoms with E-state index in [9.17, 15) is 9.90 Å². The lowest BCUT2D eigenvalue weighted by atomic mass is 9.86. The van der Waals surface area contributed by atoms with E-state index >= 15 is 0 Å². The van der Waals surface area contributed by atoms with Gasteiger partial charge in [0.1, 0.15) is 0 Å². The Morgan fingerprint density at radius 1 is 1.19 bits per heavy atom. The fourth-order valence-corrected chi connectivity index (χ4v) is 5.07. The second-order valence-corrected chi connectivity index (χ2v) is 8.85. The zero-order chi connectivity index (χ0) is 19.0. The first-order valence-electron chi connectivity index (χ1n) is 10.7. The van der Waals surface area contributed by atoms with Crippen molar-refractivity contribution in [2.75, 3.05) is 13.1 Å². The molecular weight excluding hydrogens is 342 g/mol. The van der Waals surface area contributed by atoms with Crippen LogP contribution in [0.4, 0.5) is 0 Å². The molecule has 1 saturated carbocycles. The standard InChI is InChI=1S/C20H33N5O2/c1-14(2)25-12-16(26)11-17(25)20-22-21-18-13-23(8-9-24(18)20)19(27)10-15-6-4-3-5-7-15/h14-17,26H,3-13H2,1-2H3/t16-,17-/m0/s1. The van der Waals surface area contributed by atoms with E-state index in [-0.39, 0.29) is 18.1 Å². The number of amides is 1. The minimum Gasteiger partial charge on any atom is -0.392 e. The summed E-state index contributed by atoms with van der Waals surface area (Å²) in [6.07, 6.45) is 7.37. The van der Waals surface area contributed by atoms with E-state index in [1.165, 1.54) is 32.1 Å². The van der Waals surface area contributed by atoms with E-state index in [1.54, 1.807) is 0 Å². The van der Waals surface area contributed by atoms with Crippen LogP contribution in [0.3, 0.4) is 0 Å². The first kappa shape index (κ1) is 18.9. The van der Waals surface area contributed by atoms with Crippen LogP contribution in [0, 0.1) is 5.92 Å². The van der Waals surface area contributed by atoms with Gasteiger partial charge in [-0.2, -0.15) is 0 Å². The lowest BCUT2D eigenvalue weighted by molar-refractivity contribution is -0.134. The van der Waals surface area contributed by atoms with Crippen LogP contribution in [-0.4, -0.2) is 60.8 Å². The SMILES string of the molecule is CC(C)N1C[C@@H](O)C[C@H]1c1nnc2n1CCN(C(=O)CC1CCCCC1)C2. The number of carbonyl (C=O) groups excluding carboxylic acids is 1. The van der Waals surface area contributed by atoms with Gasteiger partial charge in [0.15, 0.2) is 11.6 Å². The predicted octanol–water partition coefficient (Wildman–Crippen LogP) is 2.11. The van der Waals surface area contributed by atoms with Crippen molar-refractivity contribution in [3.63, 3.8) is 0 Å². The largest absolute Gasteiger partial charge is 0.392 e. The number of carbonyl (C=O) groups is 1. The summed E-state index contributed by atoms with van der Waals surface area (Å²) in [4.78, 5) is 17.0. The van der Waals surface area contributed by atoms with Gasteiger partial charge in [0.05, 0.1) is 18.7 Å². The molecule has 1 saturated heterocycles. The summed E-state index contributed by atoms with van der Waals surface area (Å²) in [7, 11) is 0. The molecule has 2 aliphatic heterocycles. The molecule has 1 aromatic rings. The fourth-order valence-electron chi connectivity index (χ4n) is 5.07. The van der Waals surface area contributed by atoms with Crippen molar-refractivity contribution in [3.8, 4) is 0 Å². The molecule has 0 unspecified atom stereocenters. The molecule has 1 N–H and O–H groups in total. The van der Waals surface area contributed by atoms with Crippen LogP contribution >= 0.6 is 0 Å². The lowest BCUT2D eigenvalue weighted by Crippen LogP contribution is -2.40. The highest BCUT2D eigenvalue weighted by Crippen LogP contribution is 2.34. The van der Waals surface area contributed by atoms with Crippen LogP contribution in [0.15, 0.2) is 0 Å². The molecule has 0 radical (unpaired) electrons. The number of hydrogen-bond acceptors (Lipinski definition) is 5. The van der Waals surface area contributed by atoms with Crippen molar-refractivity contribution in [2.45, 2.75) is 90.1 Å². The maximum atomic E-state index is 12.8. The predicted molar refractivity (Wildman–Crippen MR) is 102 cm³/mol. The van der Waals surface area contributed by atoms with Gasteiger partial charge in [-0.15, -0.1) is 10.2 Å². The molecule has 1 aromatic heterocycles. The minimum atomic E-state index is -0.303. The maximum absolute atomic E-state index is 12.8. The summed E-state index contributed by atoms with van der Waals surface area (Å²) in [5.74, 6) is 2.69. The topological polar surface area (TPSA) is 74.5 Å². The van der Waals surface area contributed by atoms with E-state index in [2.05, 4.69) is 33.5 Å². The molecule has 1 aliphatic carbocycles. The Bertz CT molecular complexity index is 667. The smallest absolute Gasteiger partial charge is 0.223 e. The van der Waals surface area contributed by atoms with Crippen molar-refractivity contribution in [3.05, 3.63) is 11.6 Å². The number of aliphatic hydroxyl groups excluding tert-OH is 1.